The molecule has 0 heterocycles. The molecule has 2 rings (SSSR count). The van der Waals surface area contributed by atoms with E-state index in [1.165, 1.54) is 11.1 Å². The number of methoxy groups -OCH3 is 1. The number of hydrogen-bond acceptors (Lipinski definition) is 2. The lowest BCUT2D eigenvalue weighted by Gasteiger charge is -2.11. The van der Waals surface area contributed by atoms with Crippen LogP contribution >= 0.6 is 0 Å². The van der Waals surface area contributed by atoms with Gasteiger partial charge in [0.1, 0.15) is 5.75 Å². The second-order valence-electron chi connectivity index (χ2n) is 5.14. The van der Waals surface area contributed by atoms with Gasteiger partial charge in [0.15, 0.2) is 0 Å². The highest BCUT2D eigenvalue weighted by Crippen LogP contribution is 2.28. The van der Waals surface area contributed by atoms with E-state index in [2.05, 4.69) is 44.2 Å². The van der Waals surface area contributed by atoms with Crippen LogP contribution < -0.4 is 4.74 Å². The molecule has 0 saturated carbocycles. The minimum atomic E-state index is 0.362. The van der Waals surface area contributed by atoms with Crippen molar-refractivity contribution in [2.24, 2.45) is 0 Å². The molecule has 2 aromatic rings. The molecule has 0 aliphatic heterocycles. The van der Waals surface area contributed by atoms with Crippen LogP contribution in [0.1, 0.15) is 30.9 Å². The van der Waals surface area contributed by atoms with Crippen LogP contribution in [-0.2, 0) is 6.42 Å². The Labute approximate surface area is 120 Å². The molecule has 0 N–H and O–H groups in total. The van der Waals surface area contributed by atoms with Gasteiger partial charge in [-0.15, -0.1) is 0 Å². The van der Waals surface area contributed by atoms with Crippen LogP contribution in [0.3, 0.4) is 0 Å². The van der Waals surface area contributed by atoms with E-state index in [9.17, 15) is 0 Å². The maximum Gasteiger partial charge on any atom is 0.123 e. The number of ether oxygens (including phenoxy) is 1. The third-order valence-corrected chi connectivity index (χ3v) is 3.44. The summed E-state index contributed by atoms with van der Waals surface area (Å²) >= 11 is 0. The van der Waals surface area contributed by atoms with Gasteiger partial charge in [0.2, 0.25) is 0 Å². The number of nitrogens with zero attached hydrogens (tertiary/aromatic N) is 1. The minimum absolute atomic E-state index is 0.362. The van der Waals surface area contributed by atoms with Gasteiger partial charge in [0.25, 0.3) is 0 Å². The highest BCUT2D eigenvalue weighted by atomic mass is 16.5. The standard InChI is InChI=1S/C18H19NO/c1-13(2)14-5-4-6-15(11-14)16-7-8-18(20-3)17(12-16)9-10-19/h4-8,11-13H,9H2,1-3H3. The Morgan fingerprint density at radius 3 is 2.50 bits per heavy atom. The van der Waals surface area contributed by atoms with Gasteiger partial charge in [-0.3, -0.25) is 0 Å². The zero-order valence-corrected chi connectivity index (χ0v) is 12.2. The van der Waals surface area contributed by atoms with E-state index < -0.39 is 0 Å². The second-order valence-corrected chi connectivity index (χ2v) is 5.14. The summed E-state index contributed by atoms with van der Waals surface area (Å²) < 4.78 is 5.30. The van der Waals surface area contributed by atoms with Crippen molar-refractivity contribution in [3.63, 3.8) is 0 Å². The SMILES string of the molecule is COc1ccc(-c2cccc(C(C)C)c2)cc1CC#N. The highest BCUT2D eigenvalue weighted by Gasteiger charge is 2.07. The molecule has 0 radical (unpaired) electrons. The fourth-order valence-electron chi connectivity index (χ4n) is 2.26. The van der Waals surface area contributed by atoms with Gasteiger partial charge < -0.3 is 4.74 Å². The summed E-state index contributed by atoms with van der Waals surface area (Å²) in [7, 11) is 1.63. The van der Waals surface area contributed by atoms with Gasteiger partial charge in [-0.1, -0.05) is 44.2 Å². The summed E-state index contributed by atoms with van der Waals surface area (Å²) in [5.74, 6) is 1.28. The summed E-state index contributed by atoms with van der Waals surface area (Å²) in [6.07, 6.45) is 0.362. The Kier molecular flexibility index (Phi) is 4.42. The molecule has 0 atom stereocenters. The Morgan fingerprint density at radius 1 is 1.10 bits per heavy atom. The molecule has 0 aromatic heterocycles. The predicted molar refractivity (Wildman–Crippen MR) is 81.8 cm³/mol. The fourth-order valence-corrected chi connectivity index (χ4v) is 2.26. The van der Waals surface area contributed by atoms with Crippen LogP contribution in [0.4, 0.5) is 0 Å². The number of hydrogen-bond donors (Lipinski definition) is 0. The molecule has 0 amide bonds. The van der Waals surface area contributed by atoms with Crippen LogP contribution in [0.5, 0.6) is 5.75 Å². The van der Waals surface area contributed by atoms with E-state index in [0.717, 1.165) is 16.9 Å². The number of nitriles is 1. The van der Waals surface area contributed by atoms with Crippen molar-refractivity contribution in [2.45, 2.75) is 26.2 Å². The topological polar surface area (TPSA) is 33.0 Å². The summed E-state index contributed by atoms with van der Waals surface area (Å²) in [6, 6.07) is 16.7. The largest absolute Gasteiger partial charge is 0.496 e. The molecule has 0 bridgehead atoms. The first kappa shape index (κ1) is 14.1. The van der Waals surface area contributed by atoms with Crippen molar-refractivity contribution >= 4 is 0 Å². The third-order valence-electron chi connectivity index (χ3n) is 3.44. The van der Waals surface area contributed by atoms with Crippen LogP contribution in [0.15, 0.2) is 42.5 Å². The molecule has 0 unspecified atom stereocenters. The van der Waals surface area contributed by atoms with Gasteiger partial charge in [-0.25, -0.2) is 0 Å². The summed E-state index contributed by atoms with van der Waals surface area (Å²) in [5, 5.41) is 8.91. The quantitative estimate of drug-likeness (QED) is 0.812. The maximum atomic E-state index is 8.91. The Morgan fingerprint density at radius 2 is 1.85 bits per heavy atom. The lowest BCUT2D eigenvalue weighted by molar-refractivity contribution is 0.411. The van der Waals surface area contributed by atoms with E-state index in [-0.39, 0.29) is 0 Å². The molecule has 0 aliphatic rings. The van der Waals surface area contributed by atoms with Gasteiger partial charge in [-0.05, 0) is 34.7 Å². The van der Waals surface area contributed by atoms with E-state index in [0.29, 0.717) is 12.3 Å². The van der Waals surface area contributed by atoms with Crippen molar-refractivity contribution in [3.8, 4) is 22.9 Å². The van der Waals surface area contributed by atoms with E-state index >= 15 is 0 Å². The molecule has 20 heavy (non-hydrogen) atoms. The number of benzene rings is 2. The summed E-state index contributed by atoms with van der Waals surface area (Å²) in [6.45, 7) is 4.38. The first-order valence-corrected chi connectivity index (χ1v) is 6.80. The van der Waals surface area contributed by atoms with Gasteiger partial charge in [-0.2, -0.15) is 5.26 Å². The van der Waals surface area contributed by atoms with Crippen molar-refractivity contribution in [2.75, 3.05) is 7.11 Å². The normalized spacial score (nSPS) is 10.3. The first-order valence-electron chi connectivity index (χ1n) is 6.80. The first-order chi connectivity index (χ1) is 9.65. The molecule has 0 aliphatic carbocycles. The van der Waals surface area contributed by atoms with Crippen LogP contribution in [-0.4, -0.2) is 7.11 Å². The zero-order chi connectivity index (χ0) is 14.5. The molecular weight excluding hydrogens is 246 g/mol. The van der Waals surface area contributed by atoms with Gasteiger partial charge >= 0.3 is 0 Å². The molecular formula is C18H19NO. The molecule has 2 nitrogen and oxygen atoms in total. The second kappa shape index (κ2) is 6.25. The average Bonchev–Trinajstić information content (AvgIpc) is 2.47. The lowest BCUT2D eigenvalue weighted by Crippen LogP contribution is -1.93. The van der Waals surface area contributed by atoms with Gasteiger partial charge in [0, 0.05) is 5.56 Å². The molecule has 2 aromatic carbocycles. The highest BCUT2D eigenvalue weighted by molar-refractivity contribution is 5.66. The van der Waals surface area contributed by atoms with Crippen LogP contribution in [0.2, 0.25) is 0 Å². The van der Waals surface area contributed by atoms with Crippen LogP contribution in [0, 0.1) is 11.3 Å². The lowest BCUT2D eigenvalue weighted by atomic mass is 9.96. The smallest absolute Gasteiger partial charge is 0.123 e. The predicted octanol–water partition coefficient (Wildman–Crippen LogP) is 4.55. The Hall–Kier alpha value is -2.27. The molecule has 2 heteroatoms. The van der Waals surface area contributed by atoms with Crippen molar-refractivity contribution < 1.29 is 4.74 Å². The fraction of sp³-hybridized carbons (Fsp3) is 0.278. The van der Waals surface area contributed by atoms with Gasteiger partial charge in [0.05, 0.1) is 19.6 Å². The van der Waals surface area contributed by atoms with Crippen molar-refractivity contribution in [3.05, 3.63) is 53.6 Å². The molecule has 0 fully saturated rings. The minimum Gasteiger partial charge on any atom is -0.496 e. The molecule has 102 valence electrons. The monoisotopic (exact) mass is 265 g/mol. The summed E-state index contributed by atoms with van der Waals surface area (Å²) in [4.78, 5) is 0. The molecule has 0 spiro atoms. The Bertz CT molecular complexity index is 638. The third kappa shape index (κ3) is 3.00. The number of rotatable bonds is 4. The maximum absolute atomic E-state index is 8.91. The molecule has 0 saturated heterocycles. The van der Waals surface area contributed by atoms with E-state index in [1.54, 1.807) is 7.11 Å². The Balaban J connectivity index is 2.45. The van der Waals surface area contributed by atoms with Crippen molar-refractivity contribution in [1.82, 2.24) is 0 Å². The summed E-state index contributed by atoms with van der Waals surface area (Å²) in [5.41, 5.74) is 4.55. The van der Waals surface area contributed by atoms with Crippen LogP contribution in [0.25, 0.3) is 11.1 Å². The van der Waals surface area contributed by atoms with E-state index in [1.807, 2.05) is 18.2 Å². The van der Waals surface area contributed by atoms with E-state index in [4.69, 9.17) is 10.00 Å². The zero-order valence-electron chi connectivity index (χ0n) is 12.2. The van der Waals surface area contributed by atoms with Crippen molar-refractivity contribution in [1.29, 1.82) is 5.26 Å². The average molecular weight is 265 g/mol.